The first kappa shape index (κ1) is 19.2. The lowest BCUT2D eigenvalue weighted by Gasteiger charge is -2.10. The largest absolute Gasteiger partial charge is 0.461 e. The summed E-state index contributed by atoms with van der Waals surface area (Å²) in [5.41, 5.74) is 1.13. The number of hydrogen-bond donors (Lipinski definition) is 1. The highest BCUT2D eigenvalue weighted by atomic mass is 32.2. The average Bonchev–Trinajstić information content (AvgIpc) is 3.30. The van der Waals surface area contributed by atoms with E-state index in [2.05, 4.69) is 41.5 Å². The van der Waals surface area contributed by atoms with Crippen molar-refractivity contribution in [2.75, 3.05) is 12.3 Å². The van der Waals surface area contributed by atoms with E-state index < -0.39 is 0 Å². The van der Waals surface area contributed by atoms with Crippen molar-refractivity contribution in [2.45, 2.75) is 32.0 Å². The summed E-state index contributed by atoms with van der Waals surface area (Å²) in [5.74, 6) is 2.21. The van der Waals surface area contributed by atoms with E-state index in [0.717, 1.165) is 12.0 Å². The van der Waals surface area contributed by atoms with Crippen molar-refractivity contribution in [3.8, 4) is 11.6 Å². The number of carbonyl (C=O) groups excluding carboxylic acids is 1. The topological polar surface area (TPSA) is 73.0 Å². The third-order valence-corrected chi connectivity index (χ3v) is 4.98. The van der Waals surface area contributed by atoms with E-state index in [1.54, 1.807) is 6.26 Å². The molecule has 0 fully saturated rings. The fourth-order valence-corrected chi connectivity index (χ4v) is 3.34. The third kappa shape index (κ3) is 5.47. The summed E-state index contributed by atoms with van der Waals surface area (Å²) in [7, 11) is 0. The number of benzene rings is 1. The molecule has 27 heavy (non-hydrogen) atoms. The van der Waals surface area contributed by atoms with Crippen LogP contribution < -0.4 is 5.32 Å². The van der Waals surface area contributed by atoms with Crippen LogP contribution >= 0.6 is 11.8 Å². The van der Waals surface area contributed by atoms with Crippen molar-refractivity contribution >= 4 is 17.7 Å². The predicted molar refractivity (Wildman–Crippen MR) is 106 cm³/mol. The Morgan fingerprint density at radius 1 is 1.19 bits per heavy atom. The molecule has 0 aliphatic heterocycles. The molecular weight excluding hydrogens is 360 g/mol. The van der Waals surface area contributed by atoms with Gasteiger partial charge in [0.2, 0.25) is 11.7 Å². The lowest BCUT2D eigenvalue weighted by atomic mass is 10.1. The van der Waals surface area contributed by atoms with Gasteiger partial charge in [-0.05, 0) is 30.0 Å². The van der Waals surface area contributed by atoms with E-state index in [0.29, 0.717) is 41.5 Å². The first-order chi connectivity index (χ1) is 13.1. The monoisotopic (exact) mass is 384 g/mol. The Balaban J connectivity index is 1.72. The maximum absolute atomic E-state index is 12.1. The van der Waals surface area contributed by atoms with Gasteiger partial charge in [-0.25, -0.2) is 0 Å². The molecule has 6 nitrogen and oxygen atoms in total. The summed E-state index contributed by atoms with van der Waals surface area (Å²) in [6.45, 7) is 5.60. The lowest BCUT2D eigenvalue weighted by Crippen LogP contribution is -2.27. The van der Waals surface area contributed by atoms with Crippen LogP contribution in [0.1, 0.15) is 25.8 Å². The van der Waals surface area contributed by atoms with Crippen molar-refractivity contribution in [3.63, 3.8) is 0 Å². The second kappa shape index (κ2) is 9.41. The van der Waals surface area contributed by atoms with Crippen LogP contribution in [0.3, 0.4) is 0 Å². The minimum absolute atomic E-state index is 0.00876. The van der Waals surface area contributed by atoms with Gasteiger partial charge in [0, 0.05) is 6.54 Å². The lowest BCUT2D eigenvalue weighted by molar-refractivity contribution is -0.118. The SMILES string of the molecule is CC(C)CCNC(=O)CSc1nnc(-c2ccco2)n1Cc1ccccc1. The first-order valence-corrected chi connectivity index (χ1v) is 10.0. The van der Waals surface area contributed by atoms with E-state index in [4.69, 9.17) is 4.42 Å². The Morgan fingerprint density at radius 3 is 2.70 bits per heavy atom. The molecule has 0 spiro atoms. The molecule has 2 heterocycles. The summed E-state index contributed by atoms with van der Waals surface area (Å²) in [6.07, 6.45) is 2.59. The Morgan fingerprint density at radius 2 is 2.00 bits per heavy atom. The molecule has 0 aliphatic carbocycles. The smallest absolute Gasteiger partial charge is 0.230 e. The predicted octanol–water partition coefficient (Wildman–Crippen LogP) is 3.84. The molecule has 0 bridgehead atoms. The Hall–Kier alpha value is -2.54. The summed E-state index contributed by atoms with van der Waals surface area (Å²) in [6, 6.07) is 13.8. The van der Waals surface area contributed by atoms with E-state index in [9.17, 15) is 4.79 Å². The van der Waals surface area contributed by atoms with Gasteiger partial charge < -0.3 is 9.73 Å². The van der Waals surface area contributed by atoms with Crippen LogP contribution in [0.15, 0.2) is 58.3 Å². The molecule has 1 amide bonds. The highest BCUT2D eigenvalue weighted by molar-refractivity contribution is 7.99. The average molecular weight is 385 g/mol. The maximum atomic E-state index is 12.1. The number of nitrogens with zero attached hydrogens (tertiary/aromatic N) is 3. The number of thioether (sulfide) groups is 1. The molecule has 3 aromatic rings. The molecule has 0 unspecified atom stereocenters. The van der Waals surface area contributed by atoms with Gasteiger partial charge in [0.05, 0.1) is 18.6 Å². The van der Waals surface area contributed by atoms with Crippen LogP contribution in [0, 0.1) is 5.92 Å². The molecule has 0 radical (unpaired) electrons. The minimum atomic E-state index is 0.00876. The minimum Gasteiger partial charge on any atom is -0.461 e. The molecule has 0 saturated heterocycles. The van der Waals surface area contributed by atoms with Gasteiger partial charge >= 0.3 is 0 Å². The van der Waals surface area contributed by atoms with Crippen molar-refractivity contribution < 1.29 is 9.21 Å². The summed E-state index contributed by atoms with van der Waals surface area (Å²) in [5, 5.41) is 12.2. The fourth-order valence-electron chi connectivity index (χ4n) is 2.57. The zero-order valence-electron chi connectivity index (χ0n) is 15.6. The highest BCUT2D eigenvalue weighted by Crippen LogP contribution is 2.25. The molecule has 1 N–H and O–H groups in total. The summed E-state index contributed by atoms with van der Waals surface area (Å²) < 4.78 is 7.49. The maximum Gasteiger partial charge on any atom is 0.230 e. The summed E-state index contributed by atoms with van der Waals surface area (Å²) >= 11 is 1.39. The Kier molecular flexibility index (Phi) is 6.70. The van der Waals surface area contributed by atoms with Crippen molar-refractivity contribution in [1.29, 1.82) is 0 Å². The standard InChI is InChI=1S/C20H24N4O2S/c1-15(2)10-11-21-18(25)14-27-20-23-22-19(17-9-6-12-26-17)24(20)13-16-7-4-3-5-8-16/h3-9,12,15H,10-11,13-14H2,1-2H3,(H,21,25). The van der Waals surface area contributed by atoms with E-state index in [1.807, 2.05) is 34.9 Å². The highest BCUT2D eigenvalue weighted by Gasteiger charge is 2.17. The quantitative estimate of drug-likeness (QED) is 0.568. The number of nitrogens with one attached hydrogen (secondary N) is 1. The number of hydrogen-bond acceptors (Lipinski definition) is 5. The van der Waals surface area contributed by atoms with Gasteiger partial charge in [-0.1, -0.05) is 55.9 Å². The Bertz CT molecular complexity index is 844. The molecule has 2 aromatic heterocycles. The second-order valence-corrected chi connectivity index (χ2v) is 7.62. The molecule has 7 heteroatoms. The number of rotatable bonds is 9. The van der Waals surface area contributed by atoms with E-state index >= 15 is 0 Å². The summed E-state index contributed by atoms with van der Waals surface area (Å²) in [4.78, 5) is 12.1. The van der Waals surface area contributed by atoms with E-state index in [-0.39, 0.29) is 5.91 Å². The van der Waals surface area contributed by atoms with Gasteiger partial charge in [0.15, 0.2) is 10.9 Å². The number of aromatic nitrogens is 3. The van der Waals surface area contributed by atoms with Crippen LogP contribution in [0.4, 0.5) is 0 Å². The van der Waals surface area contributed by atoms with Crippen molar-refractivity contribution in [3.05, 3.63) is 54.3 Å². The fraction of sp³-hybridized carbons (Fsp3) is 0.350. The van der Waals surface area contributed by atoms with Gasteiger partial charge in [-0.15, -0.1) is 10.2 Å². The van der Waals surface area contributed by atoms with Crippen molar-refractivity contribution in [1.82, 2.24) is 20.1 Å². The first-order valence-electron chi connectivity index (χ1n) is 9.04. The van der Waals surface area contributed by atoms with Crippen LogP contribution in [0.25, 0.3) is 11.6 Å². The number of furan rings is 1. The number of amides is 1. The molecule has 142 valence electrons. The molecular formula is C20H24N4O2S. The zero-order valence-corrected chi connectivity index (χ0v) is 16.4. The van der Waals surface area contributed by atoms with Crippen LogP contribution in [0.5, 0.6) is 0 Å². The van der Waals surface area contributed by atoms with Crippen molar-refractivity contribution in [2.24, 2.45) is 5.92 Å². The molecule has 0 atom stereocenters. The van der Waals surface area contributed by atoms with Crippen LogP contribution in [0.2, 0.25) is 0 Å². The Labute approximate surface area is 163 Å². The van der Waals surface area contributed by atoms with Gasteiger partial charge in [0.1, 0.15) is 0 Å². The molecule has 3 rings (SSSR count). The normalized spacial score (nSPS) is 11.1. The third-order valence-electron chi connectivity index (χ3n) is 4.02. The van der Waals surface area contributed by atoms with Gasteiger partial charge in [-0.2, -0.15) is 0 Å². The zero-order chi connectivity index (χ0) is 19.1. The van der Waals surface area contributed by atoms with Gasteiger partial charge in [0.25, 0.3) is 0 Å². The second-order valence-electron chi connectivity index (χ2n) is 6.68. The van der Waals surface area contributed by atoms with E-state index in [1.165, 1.54) is 11.8 Å². The molecule has 0 saturated carbocycles. The number of carbonyl (C=O) groups is 1. The molecule has 0 aliphatic rings. The van der Waals surface area contributed by atoms with Gasteiger partial charge in [-0.3, -0.25) is 9.36 Å². The van der Waals surface area contributed by atoms with Crippen LogP contribution in [-0.2, 0) is 11.3 Å². The molecule has 1 aromatic carbocycles. The van der Waals surface area contributed by atoms with Crippen LogP contribution in [-0.4, -0.2) is 33.0 Å².